The van der Waals surface area contributed by atoms with Crippen LogP contribution < -0.4 is 0 Å². The van der Waals surface area contributed by atoms with Gasteiger partial charge in [0, 0.05) is 17.5 Å². The quantitative estimate of drug-likeness (QED) is 0.616. The van der Waals surface area contributed by atoms with Crippen molar-refractivity contribution in [3.8, 4) is 0 Å². The zero-order valence-corrected chi connectivity index (χ0v) is 11.0. The Bertz CT molecular complexity index is 425. The third-order valence-electron chi connectivity index (χ3n) is 3.10. The summed E-state index contributed by atoms with van der Waals surface area (Å²) in [6.45, 7) is 0.921. The Hall–Kier alpha value is -0.930. The smallest absolute Gasteiger partial charge is 0.288 e. The van der Waals surface area contributed by atoms with Gasteiger partial charge in [0.1, 0.15) is 18.3 Å². The van der Waals surface area contributed by atoms with Gasteiger partial charge in [-0.1, -0.05) is 11.8 Å². The summed E-state index contributed by atoms with van der Waals surface area (Å²) in [5, 5.41) is 28.1. The molecule has 0 saturated carbocycles. The number of rotatable bonds is 3. The van der Waals surface area contributed by atoms with Gasteiger partial charge < -0.3 is 20.1 Å². The summed E-state index contributed by atoms with van der Waals surface area (Å²) in [7, 11) is 0. The standard InChI is InChI=1S/C11H15NO6S/c1-5(14)6-2-12(11(17)19-4-6)10-9(16)8(15)7(3-13)18-10/h2,7-10,13,15-16H,3-4H2,1H3/t7-,8-,9-,10?/m1/s1. The predicted octanol–water partition coefficient (Wildman–Crippen LogP) is -0.933. The molecule has 0 spiro atoms. The molecular weight excluding hydrogens is 274 g/mol. The van der Waals surface area contributed by atoms with Crippen molar-refractivity contribution in [3.05, 3.63) is 11.8 Å². The fraction of sp³-hybridized carbons (Fsp3) is 0.636. The molecule has 1 amide bonds. The van der Waals surface area contributed by atoms with E-state index in [4.69, 9.17) is 9.84 Å². The second-order valence-corrected chi connectivity index (χ2v) is 5.33. The van der Waals surface area contributed by atoms with Crippen molar-refractivity contribution in [1.29, 1.82) is 0 Å². The van der Waals surface area contributed by atoms with E-state index < -0.39 is 31.1 Å². The Morgan fingerprint density at radius 1 is 1.53 bits per heavy atom. The van der Waals surface area contributed by atoms with Gasteiger partial charge in [0.25, 0.3) is 5.24 Å². The number of carbonyl (C=O) groups excluding carboxylic acids is 2. The van der Waals surface area contributed by atoms with Crippen LogP contribution in [0.4, 0.5) is 4.79 Å². The number of Topliss-reactive ketones (excluding diaryl/α,β-unsaturated/α-hetero) is 1. The summed E-state index contributed by atoms with van der Waals surface area (Å²) in [4.78, 5) is 24.2. The van der Waals surface area contributed by atoms with E-state index in [-0.39, 0.29) is 16.8 Å². The number of thioether (sulfide) groups is 1. The minimum atomic E-state index is -1.33. The van der Waals surface area contributed by atoms with Gasteiger partial charge in [-0.25, -0.2) is 0 Å². The van der Waals surface area contributed by atoms with Crippen LogP contribution in [0.3, 0.4) is 0 Å². The Kier molecular flexibility index (Phi) is 4.26. The highest BCUT2D eigenvalue weighted by Gasteiger charge is 2.47. The van der Waals surface area contributed by atoms with E-state index in [0.29, 0.717) is 5.57 Å². The van der Waals surface area contributed by atoms with Crippen LogP contribution in [0, 0.1) is 0 Å². The molecule has 0 aromatic rings. The Balaban J connectivity index is 2.22. The number of aliphatic hydroxyl groups excluding tert-OH is 3. The van der Waals surface area contributed by atoms with E-state index in [1.807, 2.05) is 0 Å². The largest absolute Gasteiger partial charge is 0.394 e. The van der Waals surface area contributed by atoms with Gasteiger partial charge in [-0.15, -0.1) is 0 Å². The Morgan fingerprint density at radius 2 is 2.21 bits per heavy atom. The minimum absolute atomic E-state index is 0.170. The van der Waals surface area contributed by atoms with Crippen molar-refractivity contribution in [2.45, 2.75) is 31.5 Å². The Labute approximate surface area is 113 Å². The molecule has 0 aromatic heterocycles. The number of carbonyl (C=O) groups is 2. The first-order valence-corrected chi connectivity index (χ1v) is 6.73. The molecule has 8 heteroatoms. The second kappa shape index (κ2) is 5.59. The maximum Gasteiger partial charge on any atom is 0.288 e. The van der Waals surface area contributed by atoms with Crippen LogP contribution >= 0.6 is 11.8 Å². The number of nitrogens with zero attached hydrogens (tertiary/aromatic N) is 1. The van der Waals surface area contributed by atoms with Crippen molar-refractivity contribution in [3.63, 3.8) is 0 Å². The van der Waals surface area contributed by atoms with Crippen molar-refractivity contribution < 1.29 is 29.6 Å². The highest BCUT2D eigenvalue weighted by Crippen LogP contribution is 2.30. The molecule has 1 saturated heterocycles. The van der Waals surface area contributed by atoms with Crippen LogP contribution in [0.2, 0.25) is 0 Å². The average Bonchev–Trinajstić information content (AvgIpc) is 2.66. The molecule has 0 aromatic carbocycles. The van der Waals surface area contributed by atoms with Gasteiger partial charge in [-0.3, -0.25) is 14.5 Å². The van der Waals surface area contributed by atoms with E-state index >= 15 is 0 Å². The van der Waals surface area contributed by atoms with Crippen molar-refractivity contribution in [1.82, 2.24) is 4.90 Å². The van der Waals surface area contributed by atoms with Crippen molar-refractivity contribution in [2.75, 3.05) is 12.4 Å². The van der Waals surface area contributed by atoms with Crippen LogP contribution in [-0.2, 0) is 9.53 Å². The SMILES string of the molecule is CC(=O)C1=CN(C2O[C@H](CO)[C@@H](O)[C@H]2O)C(=O)SC1. The van der Waals surface area contributed by atoms with Crippen LogP contribution in [0.5, 0.6) is 0 Å². The summed E-state index contributed by atoms with van der Waals surface area (Å²) in [6.07, 6.45) is -3.31. The molecule has 2 aliphatic rings. The summed E-state index contributed by atoms with van der Waals surface area (Å²) < 4.78 is 5.26. The molecule has 106 valence electrons. The zero-order valence-electron chi connectivity index (χ0n) is 10.2. The third kappa shape index (κ3) is 2.67. The van der Waals surface area contributed by atoms with Gasteiger partial charge in [0.05, 0.1) is 6.61 Å². The zero-order chi connectivity index (χ0) is 14.2. The van der Waals surface area contributed by atoms with Crippen molar-refractivity contribution >= 4 is 22.8 Å². The molecule has 4 atom stereocenters. The molecule has 1 fully saturated rings. The van der Waals surface area contributed by atoms with Gasteiger partial charge in [0.2, 0.25) is 0 Å². The van der Waals surface area contributed by atoms with E-state index in [1.54, 1.807) is 0 Å². The molecule has 7 nitrogen and oxygen atoms in total. The molecule has 3 N–H and O–H groups in total. The molecule has 2 aliphatic heterocycles. The van der Waals surface area contributed by atoms with Crippen LogP contribution in [0.1, 0.15) is 6.92 Å². The fourth-order valence-corrected chi connectivity index (χ4v) is 2.81. The number of aliphatic hydroxyl groups is 3. The molecule has 1 unspecified atom stereocenters. The van der Waals surface area contributed by atoms with Gasteiger partial charge in [0.15, 0.2) is 12.0 Å². The lowest BCUT2D eigenvalue weighted by Gasteiger charge is -2.30. The first-order valence-electron chi connectivity index (χ1n) is 5.75. The number of ketones is 1. The normalized spacial score (nSPS) is 35.5. The lowest BCUT2D eigenvalue weighted by Crippen LogP contribution is -2.44. The van der Waals surface area contributed by atoms with E-state index in [2.05, 4.69) is 0 Å². The topological polar surface area (TPSA) is 107 Å². The third-order valence-corrected chi connectivity index (χ3v) is 4.01. The number of amides is 1. The summed E-state index contributed by atoms with van der Waals surface area (Å²) in [6, 6.07) is 0. The predicted molar refractivity (Wildman–Crippen MR) is 66.2 cm³/mol. The van der Waals surface area contributed by atoms with Gasteiger partial charge in [-0.2, -0.15) is 0 Å². The maximum atomic E-state index is 11.8. The maximum absolute atomic E-state index is 11.8. The van der Waals surface area contributed by atoms with Gasteiger partial charge >= 0.3 is 0 Å². The minimum Gasteiger partial charge on any atom is -0.394 e. The highest BCUT2D eigenvalue weighted by atomic mass is 32.2. The summed E-state index contributed by atoms with van der Waals surface area (Å²) in [5.74, 6) is 0.108. The molecule has 0 bridgehead atoms. The summed E-state index contributed by atoms with van der Waals surface area (Å²) >= 11 is 0.924. The molecule has 2 heterocycles. The average molecular weight is 289 g/mol. The van der Waals surface area contributed by atoms with E-state index in [9.17, 15) is 19.8 Å². The Morgan fingerprint density at radius 3 is 2.74 bits per heavy atom. The van der Waals surface area contributed by atoms with Crippen molar-refractivity contribution in [2.24, 2.45) is 0 Å². The van der Waals surface area contributed by atoms with E-state index in [0.717, 1.165) is 16.7 Å². The highest BCUT2D eigenvalue weighted by molar-refractivity contribution is 8.13. The lowest BCUT2D eigenvalue weighted by atomic mass is 10.1. The lowest BCUT2D eigenvalue weighted by molar-refractivity contribution is -0.113. The van der Waals surface area contributed by atoms with Crippen LogP contribution in [-0.4, -0.2) is 68.1 Å². The summed E-state index contributed by atoms with van der Waals surface area (Å²) in [5.41, 5.74) is 0.433. The number of hydrogen-bond acceptors (Lipinski definition) is 7. The van der Waals surface area contributed by atoms with Crippen LogP contribution in [0.25, 0.3) is 0 Å². The number of ether oxygens (including phenoxy) is 1. The molecule has 19 heavy (non-hydrogen) atoms. The first-order chi connectivity index (χ1) is 8.95. The monoisotopic (exact) mass is 289 g/mol. The first kappa shape index (κ1) is 14.5. The molecule has 0 radical (unpaired) electrons. The fourth-order valence-electron chi connectivity index (χ4n) is 1.95. The molecule has 2 rings (SSSR count). The molecular formula is C11H15NO6S. The molecule has 0 aliphatic carbocycles. The second-order valence-electron chi connectivity index (χ2n) is 4.40. The van der Waals surface area contributed by atoms with Gasteiger partial charge in [-0.05, 0) is 6.92 Å². The van der Waals surface area contributed by atoms with E-state index in [1.165, 1.54) is 13.1 Å². The number of hydrogen-bond donors (Lipinski definition) is 3. The van der Waals surface area contributed by atoms with Crippen LogP contribution in [0.15, 0.2) is 11.8 Å².